The number of aliphatic hydroxyl groups excluding tert-OH is 1. The van der Waals surface area contributed by atoms with Crippen molar-refractivity contribution in [1.29, 1.82) is 0 Å². The molecule has 0 unspecified atom stereocenters. The second-order valence-corrected chi connectivity index (χ2v) is 9.72. The van der Waals surface area contributed by atoms with Gasteiger partial charge < -0.3 is 29.7 Å². The van der Waals surface area contributed by atoms with Crippen LogP contribution in [0.25, 0.3) is 0 Å². The number of hydrogen-bond donors (Lipinski definition) is 3. The fraction of sp³-hybridized carbons (Fsp3) is 0.407. The molecule has 0 saturated carbocycles. The smallest absolute Gasteiger partial charge is 0.336 e. The van der Waals surface area contributed by atoms with Gasteiger partial charge in [-0.3, -0.25) is 0 Å². The SMILES string of the molecule is COc1ccc2c3c1O[C@H]1[C@@H](O)C=C[C@H]4[C@@H](C2)N(C)CC[C@@]341.Cc1cccc(C(=O)O)c1C(=O)O. The first-order valence-corrected chi connectivity index (χ1v) is 11.7. The maximum Gasteiger partial charge on any atom is 0.336 e. The number of carbonyl (C=O) groups is 2. The van der Waals surface area contributed by atoms with Crippen LogP contribution in [0.15, 0.2) is 42.5 Å². The maximum atomic E-state index is 10.7. The molecule has 0 aromatic heterocycles. The molecule has 2 heterocycles. The Kier molecular flexibility index (Phi) is 5.61. The van der Waals surface area contributed by atoms with E-state index < -0.39 is 18.0 Å². The Balaban J connectivity index is 0.000000168. The summed E-state index contributed by atoms with van der Waals surface area (Å²) in [6, 6.07) is 9.06. The summed E-state index contributed by atoms with van der Waals surface area (Å²) in [5, 5.41) is 28.0. The minimum absolute atomic E-state index is 0.0806. The van der Waals surface area contributed by atoms with Crippen molar-refractivity contribution >= 4 is 11.9 Å². The van der Waals surface area contributed by atoms with Gasteiger partial charge in [0.1, 0.15) is 12.2 Å². The van der Waals surface area contributed by atoms with E-state index in [9.17, 15) is 14.7 Å². The molecule has 184 valence electrons. The second-order valence-electron chi connectivity index (χ2n) is 9.72. The van der Waals surface area contributed by atoms with Gasteiger partial charge in [0.25, 0.3) is 0 Å². The fourth-order valence-electron chi connectivity index (χ4n) is 6.52. The summed E-state index contributed by atoms with van der Waals surface area (Å²) in [5.74, 6) is -0.344. The molecule has 2 aromatic rings. The van der Waals surface area contributed by atoms with E-state index in [2.05, 4.69) is 24.1 Å². The van der Waals surface area contributed by atoms with Gasteiger partial charge in [-0.25, -0.2) is 9.59 Å². The molecule has 1 saturated heterocycles. The van der Waals surface area contributed by atoms with Crippen LogP contribution in [-0.4, -0.2) is 71.1 Å². The van der Waals surface area contributed by atoms with Gasteiger partial charge in [-0.2, -0.15) is 0 Å². The number of likely N-dealkylation sites (N-methyl/N-ethyl adjacent to an activating group) is 1. The van der Waals surface area contributed by atoms with Crippen LogP contribution in [0.3, 0.4) is 0 Å². The highest BCUT2D eigenvalue weighted by Crippen LogP contribution is 2.62. The lowest BCUT2D eigenvalue weighted by atomic mass is 9.53. The molecule has 2 aliphatic heterocycles. The number of benzene rings is 2. The van der Waals surface area contributed by atoms with Crippen molar-refractivity contribution in [2.75, 3.05) is 20.7 Å². The van der Waals surface area contributed by atoms with Gasteiger partial charge >= 0.3 is 11.9 Å². The Bertz CT molecular complexity index is 1240. The number of aryl methyl sites for hydroxylation is 1. The first-order chi connectivity index (χ1) is 16.7. The Morgan fingerprint density at radius 1 is 1.14 bits per heavy atom. The summed E-state index contributed by atoms with van der Waals surface area (Å²) in [6.07, 6.45) is 5.54. The average Bonchev–Trinajstić information content (AvgIpc) is 3.18. The van der Waals surface area contributed by atoms with Crippen molar-refractivity contribution in [3.63, 3.8) is 0 Å². The van der Waals surface area contributed by atoms with Crippen molar-refractivity contribution in [3.05, 3.63) is 70.3 Å². The number of aliphatic hydroxyl groups is 1. The lowest BCUT2D eigenvalue weighted by molar-refractivity contribution is -0.0453. The zero-order valence-electron chi connectivity index (χ0n) is 19.9. The van der Waals surface area contributed by atoms with Crippen LogP contribution < -0.4 is 9.47 Å². The van der Waals surface area contributed by atoms with Crippen molar-refractivity contribution in [3.8, 4) is 11.5 Å². The Morgan fingerprint density at radius 2 is 1.91 bits per heavy atom. The van der Waals surface area contributed by atoms with Crippen LogP contribution in [0.4, 0.5) is 0 Å². The summed E-state index contributed by atoms with van der Waals surface area (Å²) in [4.78, 5) is 23.8. The highest BCUT2D eigenvalue weighted by Gasteiger charge is 2.64. The summed E-state index contributed by atoms with van der Waals surface area (Å²) >= 11 is 0. The molecule has 0 radical (unpaired) electrons. The standard InChI is InChI=1S/C18H21NO3.C9H8O4/c1-19-8-7-18-11-4-5-13(20)17(18)22-16-14(21-2)6-3-10(15(16)18)9-12(11)19;1-5-3-2-4-6(8(10)11)7(5)9(12)13/h3-6,11-13,17,20H,7-9H2,1-2H3;2-4H,1H3,(H,10,11)(H,12,13)/t11-,12+,13-,17-,18-;/m0./s1. The van der Waals surface area contributed by atoms with Gasteiger partial charge in [0, 0.05) is 22.9 Å². The van der Waals surface area contributed by atoms with Crippen LogP contribution in [0.2, 0.25) is 0 Å². The zero-order valence-corrected chi connectivity index (χ0v) is 19.9. The lowest BCUT2D eigenvalue weighted by Crippen LogP contribution is -2.64. The third-order valence-corrected chi connectivity index (χ3v) is 8.07. The van der Waals surface area contributed by atoms with Crippen LogP contribution >= 0.6 is 0 Å². The number of hydrogen-bond acceptors (Lipinski definition) is 6. The van der Waals surface area contributed by atoms with Crippen molar-refractivity contribution < 1.29 is 34.4 Å². The minimum atomic E-state index is -1.22. The number of carboxylic acids is 2. The van der Waals surface area contributed by atoms with Crippen LogP contribution in [0.1, 0.15) is 43.8 Å². The van der Waals surface area contributed by atoms with Gasteiger partial charge in [-0.05, 0) is 56.6 Å². The minimum Gasteiger partial charge on any atom is -0.493 e. The number of nitrogens with zero attached hydrogens (tertiary/aromatic N) is 1. The number of methoxy groups -OCH3 is 1. The first-order valence-electron chi connectivity index (χ1n) is 11.7. The largest absolute Gasteiger partial charge is 0.493 e. The first kappa shape index (κ1) is 23.4. The van der Waals surface area contributed by atoms with Crippen LogP contribution in [0.5, 0.6) is 11.5 Å². The van der Waals surface area contributed by atoms with Gasteiger partial charge in [0.15, 0.2) is 11.5 Å². The summed E-state index contributed by atoms with van der Waals surface area (Å²) in [6.45, 7) is 2.62. The van der Waals surface area contributed by atoms with Crippen molar-refractivity contribution in [2.24, 2.45) is 5.92 Å². The molecule has 2 bridgehead atoms. The van der Waals surface area contributed by atoms with Gasteiger partial charge in [0.05, 0.1) is 18.2 Å². The summed E-state index contributed by atoms with van der Waals surface area (Å²) in [7, 11) is 3.91. The Hall–Kier alpha value is -3.36. The van der Waals surface area contributed by atoms with Crippen molar-refractivity contribution in [2.45, 2.75) is 43.4 Å². The lowest BCUT2D eigenvalue weighted by Gasteiger charge is -2.56. The van der Waals surface area contributed by atoms with E-state index in [4.69, 9.17) is 19.7 Å². The zero-order chi connectivity index (χ0) is 25.1. The molecule has 1 spiro atoms. The number of piperidine rings is 1. The Labute approximate surface area is 203 Å². The molecule has 1 fully saturated rings. The summed E-state index contributed by atoms with van der Waals surface area (Å²) in [5.41, 5.74) is 2.74. The molecule has 35 heavy (non-hydrogen) atoms. The number of rotatable bonds is 3. The number of aromatic carboxylic acids is 2. The normalized spacial score (nSPS) is 29.4. The van der Waals surface area contributed by atoms with E-state index >= 15 is 0 Å². The molecule has 6 rings (SSSR count). The highest BCUT2D eigenvalue weighted by atomic mass is 16.5. The molecule has 8 nitrogen and oxygen atoms in total. The van der Waals surface area contributed by atoms with Crippen molar-refractivity contribution in [1.82, 2.24) is 4.90 Å². The van der Waals surface area contributed by atoms with E-state index in [1.54, 1.807) is 20.1 Å². The number of carboxylic acid groups (broad SMARTS) is 2. The molecule has 5 atom stereocenters. The number of likely N-dealkylation sites (tertiary alicyclic amines) is 1. The predicted octanol–water partition coefficient (Wildman–Crippen LogP) is 2.89. The molecule has 8 heteroatoms. The van der Waals surface area contributed by atoms with Gasteiger partial charge in [-0.1, -0.05) is 30.4 Å². The molecule has 3 N–H and O–H groups in total. The molecular weight excluding hydrogens is 450 g/mol. The van der Waals surface area contributed by atoms with E-state index in [1.165, 1.54) is 23.3 Å². The van der Waals surface area contributed by atoms with Gasteiger partial charge in [-0.15, -0.1) is 0 Å². The van der Waals surface area contributed by atoms with E-state index in [1.807, 2.05) is 12.1 Å². The van der Waals surface area contributed by atoms with Gasteiger partial charge in [0.2, 0.25) is 0 Å². The van der Waals surface area contributed by atoms with E-state index in [0.29, 0.717) is 17.5 Å². The van der Waals surface area contributed by atoms with Crippen LogP contribution in [0, 0.1) is 12.8 Å². The second kappa shape index (κ2) is 8.39. The monoisotopic (exact) mass is 479 g/mol. The highest BCUT2D eigenvalue weighted by molar-refractivity contribution is 6.02. The average molecular weight is 480 g/mol. The third-order valence-electron chi connectivity index (χ3n) is 8.07. The number of ether oxygens (including phenoxy) is 2. The molecular formula is C27H29NO7. The predicted molar refractivity (Wildman–Crippen MR) is 128 cm³/mol. The fourth-order valence-corrected chi connectivity index (χ4v) is 6.52. The summed E-state index contributed by atoms with van der Waals surface area (Å²) < 4.78 is 11.8. The molecule has 2 aliphatic carbocycles. The topological polar surface area (TPSA) is 117 Å². The molecule has 4 aliphatic rings. The quantitative estimate of drug-likeness (QED) is 0.576. The maximum absolute atomic E-state index is 10.7. The van der Waals surface area contributed by atoms with E-state index in [-0.39, 0.29) is 22.6 Å². The third kappa shape index (κ3) is 3.35. The van der Waals surface area contributed by atoms with E-state index in [0.717, 1.165) is 30.9 Å². The molecule has 2 aromatic carbocycles. The van der Waals surface area contributed by atoms with Crippen LogP contribution in [-0.2, 0) is 11.8 Å². The Morgan fingerprint density at radius 3 is 2.57 bits per heavy atom. The molecule has 0 amide bonds.